The number of aryl methyl sites for hydroxylation is 1. The second-order valence-corrected chi connectivity index (χ2v) is 8.02. The first-order valence-corrected chi connectivity index (χ1v) is 10.7. The van der Waals surface area contributed by atoms with Crippen LogP contribution in [0.4, 0.5) is 5.13 Å². The van der Waals surface area contributed by atoms with Crippen molar-refractivity contribution in [2.45, 2.75) is 18.4 Å². The van der Waals surface area contributed by atoms with E-state index in [1.807, 2.05) is 54.1 Å². The Balaban J connectivity index is 1.33. The second kappa shape index (κ2) is 8.93. The Labute approximate surface area is 175 Å². The van der Waals surface area contributed by atoms with Gasteiger partial charge in [0.05, 0.1) is 17.8 Å². The van der Waals surface area contributed by atoms with Gasteiger partial charge in [0.1, 0.15) is 10.0 Å². The number of hydrogen-bond acceptors (Lipinski definition) is 8. The van der Waals surface area contributed by atoms with Crippen molar-refractivity contribution in [2.24, 2.45) is 0 Å². The van der Waals surface area contributed by atoms with Crippen LogP contribution in [0.3, 0.4) is 0 Å². The minimum Gasteiger partial charge on any atom is -0.306 e. The number of hydrogen-bond donors (Lipinski definition) is 1. The number of imidazole rings is 1. The number of amides is 1. The number of carbonyl (C=O) groups is 1. The van der Waals surface area contributed by atoms with E-state index in [4.69, 9.17) is 0 Å². The molecule has 0 radical (unpaired) electrons. The van der Waals surface area contributed by atoms with E-state index in [2.05, 4.69) is 30.7 Å². The minimum atomic E-state index is -0.144. The molecular weight excluding hydrogens is 406 g/mol. The van der Waals surface area contributed by atoms with Gasteiger partial charge in [0.15, 0.2) is 0 Å². The number of nitrogens with zero attached hydrogens (tertiary/aromatic N) is 6. The van der Waals surface area contributed by atoms with Crippen LogP contribution in [0.25, 0.3) is 16.9 Å². The van der Waals surface area contributed by atoms with Gasteiger partial charge < -0.3 is 4.57 Å². The van der Waals surface area contributed by atoms with Gasteiger partial charge in [-0.25, -0.2) is 4.98 Å². The first-order chi connectivity index (χ1) is 14.2. The first kappa shape index (κ1) is 19.2. The summed E-state index contributed by atoms with van der Waals surface area (Å²) in [5.74, 6) is 0.0871. The van der Waals surface area contributed by atoms with E-state index in [0.29, 0.717) is 10.2 Å². The Hall–Kier alpha value is -3.11. The maximum absolute atomic E-state index is 12.1. The quantitative estimate of drug-likeness (QED) is 0.454. The topological polar surface area (TPSA) is 98.5 Å². The molecule has 1 amide bonds. The number of thioether (sulfide) groups is 1. The zero-order chi connectivity index (χ0) is 20.1. The van der Waals surface area contributed by atoms with Crippen LogP contribution in [0.1, 0.15) is 11.9 Å². The highest BCUT2D eigenvalue weighted by Crippen LogP contribution is 2.22. The van der Waals surface area contributed by atoms with Crippen molar-refractivity contribution < 1.29 is 4.79 Å². The average Bonchev–Trinajstić information content (AvgIpc) is 3.45. The molecule has 146 valence electrons. The second-order valence-electron chi connectivity index (χ2n) is 5.96. The summed E-state index contributed by atoms with van der Waals surface area (Å²) >= 11 is 2.71. The third-order valence-electron chi connectivity index (χ3n) is 3.97. The third kappa shape index (κ3) is 4.84. The van der Waals surface area contributed by atoms with Gasteiger partial charge in [-0.2, -0.15) is 0 Å². The number of carbonyl (C=O) groups excluding carboxylic acids is 1. The van der Waals surface area contributed by atoms with Gasteiger partial charge >= 0.3 is 0 Å². The fourth-order valence-corrected chi connectivity index (χ4v) is 3.82. The van der Waals surface area contributed by atoms with E-state index in [9.17, 15) is 4.79 Å². The number of anilines is 1. The summed E-state index contributed by atoms with van der Waals surface area (Å²) in [7, 11) is 0. The Bertz CT molecular complexity index is 1080. The zero-order valence-electron chi connectivity index (χ0n) is 15.5. The fourth-order valence-electron chi connectivity index (χ4n) is 2.51. The van der Waals surface area contributed by atoms with Crippen molar-refractivity contribution in [3.05, 3.63) is 60.1 Å². The molecule has 0 aliphatic rings. The Morgan fingerprint density at radius 3 is 2.62 bits per heavy atom. The molecule has 0 atom stereocenters. The molecule has 3 aromatic heterocycles. The molecule has 0 aliphatic heterocycles. The molecule has 29 heavy (non-hydrogen) atoms. The van der Waals surface area contributed by atoms with Crippen LogP contribution in [0.15, 0.2) is 60.1 Å². The van der Waals surface area contributed by atoms with Crippen molar-refractivity contribution in [3.63, 3.8) is 0 Å². The number of aromatic nitrogens is 6. The molecule has 0 bridgehead atoms. The van der Waals surface area contributed by atoms with Gasteiger partial charge in [0.2, 0.25) is 11.0 Å². The van der Waals surface area contributed by atoms with Crippen LogP contribution in [0, 0.1) is 0 Å². The maximum Gasteiger partial charge on any atom is 0.236 e. The number of nitrogens with one attached hydrogen (secondary N) is 1. The first-order valence-electron chi connectivity index (χ1n) is 8.89. The van der Waals surface area contributed by atoms with Gasteiger partial charge in [-0.1, -0.05) is 42.2 Å². The standard InChI is InChI=1S/C19H17N7OS2/c1-2-17-23-25-19(29-17)21-16(27)11-28-18-8-7-15(22-24-18)13-3-5-14(6-4-13)26-10-9-20-12-26/h3-10,12H,2,11H2,1H3,(H,21,25,27). The molecule has 0 saturated carbocycles. The van der Waals surface area contributed by atoms with Crippen LogP contribution in [0.5, 0.6) is 0 Å². The van der Waals surface area contributed by atoms with Crippen molar-refractivity contribution in [3.8, 4) is 16.9 Å². The summed E-state index contributed by atoms with van der Waals surface area (Å²) in [5, 5.41) is 21.3. The van der Waals surface area contributed by atoms with E-state index in [1.54, 1.807) is 12.5 Å². The lowest BCUT2D eigenvalue weighted by atomic mass is 10.1. The third-order valence-corrected chi connectivity index (χ3v) is 5.88. The average molecular weight is 424 g/mol. The molecule has 0 unspecified atom stereocenters. The van der Waals surface area contributed by atoms with E-state index in [0.717, 1.165) is 28.4 Å². The highest BCUT2D eigenvalue weighted by Gasteiger charge is 2.09. The molecular formula is C19H17N7OS2. The van der Waals surface area contributed by atoms with E-state index < -0.39 is 0 Å². The lowest BCUT2D eigenvalue weighted by molar-refractivity contribution is -0.113. The highest BCUT2D eigenvalue weighted by molar-refractivity contribution is 7.99. The molecule has 0 fully saturated rings. The lowest BCUT2D eigenvalue weighted by Gasteiger charge is -2.05. The normalized spacial score (nSPS) is 10.8. The van der Waals surface area contributed by atoms with E-state index >= 15 is 0 Å². The van der Waals surface area contributed by atoms with E-state index in [1.165, 1.54) is 23.1 Å². The van der Waals surface area contributed by atoms with Gasteiger partial charge in [0, 0.05) is 23.6 Å². The Morgan fingerprint density at radius 2 is 1.97 bits per heavy atom. The highest BCUT2D eigenvalue weighted by atomic mass is 32.2. The van der Waals surface area contributed by atoms with Crippen LogP contribution >= 0.6 is 23.1 Å². The van der Waals surface area contributed by atoms with Crippen LogP contribution in [0.2, 0.25) is 0 Å². The van der Waals surface area contributed by atoms with Crippen LogP contribution < -0.4 is 5.32 Å². The summed E-state index contributed by atoms with van der Waals surface area (Å²) in [6.07, 6.45) is 6.19. The molecule has 10 heteroatoms. The largest absolute Gasteiger partial charge is 0.306 e. The minimum absolute atomic E-state index is 0.144. The molecule has 0 saturated heterocycles. The predicted molar refractivity (Wildman–Crippen MR) is 113 cm³/mol. The Kier molecular flexibility index (Phi) is 5.92. The molecule has 8 nitrogen and oxygen atoms in total. The van der Waals surface area contributed by atoms with Crippen LogP contribution in [-0.4, -0.2) is 41.6 Å². The monoisotopic (exact) mass is 423 g/mol. The summed E-state index contributed by atoms with van der Waals surface area (Å²) in [6, 6.07) is 11.8. The Morgan fingerprint density at radius 1 is 1.10 bits per heavy atom. The molecule has 4 rings (SSSR count). The molecule has 3 heterocycles. The summed E-state index contributed by atoms with van der Waals surface area (Å²) in [4.78, 5) is 16.1. The lowest BCUT2D eigenvalue weighted by Crippen LogP contribution is -2.14. The number of benzene rings is 1. The summed E-state index contributed by atoms with van der Waals surface area (Å²) < 4.78 is 1.94. The fraction of sp³-hybridized carbons (Fsp3) is 0.158. The van der Waals surface area contributed by atoms with Gasteiger partial charge in [-0.05, 0) is 30.7 Å². The molecule has 1 aromatic carbocycles. The van der Waals surface area contributed by atoms with E-state index in [-0.39, 0.29) is 11.7 Å². The summed E-state index contributed by atoms with van der Waals surface area (Å²) in [5.41, 5.74) is 2.77. The smallest absolute Gasteiger partial charge is 0.236 e. The van der Waals surface area contributed by atoms with Crippen molar-refractivity contribution >= 4 is 34.1 Å². The molecule has 4 aromatic rings. The van der Waals surface area contributed by atoms with Gasteiger partial charge in [0.25, 0.3) is 0 Å². The van der Waals surface area contributed by atoms with Crippen molar-refractivity contribution in [1.82, 2.24) is 29.9 Å². The van der Waals surface area contributed by atoms with Gasteiger partial charge in [-0.3, -0.25) is 10.1 Å². The van der Waals surface area contributed by atoms with Gasteiger partial charge in [-0.15, -0.1) is 20.4 Å². The summed E-state index contributed by atoms with van der Waals surface area (Å²) in [6.45, 7) is 2.00. The maximum atomic E-state index is 12.1. The van der Waals surface area contributed by atoms with Crippen LogP contribution in [-0.2, 0) is 11.2 Å². The molecule has 0 aliphatic carbocycles. The zero-order valence-corrected chi connectivity index (χ0v) is 17.2. The van der Waals surface area contributed by atoms with Crippen molar-refractivity contribution in [2.75, 3.05) is 11.1 Å². The SMILES string of the molecule is CCc1nnc(NC(=O)CSc2ccc(-c3ccc(-n4ccnc4)cc3)nn2)s1. The number of rotatable bonds is 7. The molecule has 0 spiro atoms. The molecule has 1 N–H and O–H groups in total. The van der Waals surface area contributed by atoms with Crippen molar-refractivity contribution in [1.29, 1.82) is 0 Å². The predicted octanol–water partition coefficient (Wildman–Crippen LogP) is 3.47.